The Kier molecular flexibility index (Phi) is 5.71. The number of rotatable bonds is 6. The number of esters is 1. The van der Waals surface area contributed by atoms with E-state index in [1.165, 1.54) is 0 Å². The molecule has 1 atom stereocenters. The van der Waals surface area contributed by atoms with Crippen LogP contribution in [-0.2, 0) is 16.1 Å². The Labute approximate surface area is 157 Å². The summed E-state index contributed by atoms with van der Waals surface area (Å²) in [5, 5.41) is 4.31. The predicted molar refractivity (Wildman–Crippen MR) is 104 cm³/mol. The normalized spacial score (nSPS) is 11.6. The lowest BCUT2D eigenvalue weighted by Gasteiger charge is -2.15. The van der Waals surface area contributed by atoms with E-state index in [-0.39, 0.29) is 5.91 Å². The number of carbonyl (C=O) groups excluding carboxylic acids is 2. The summed E-state index contributed by atoms with van der Waals surface area (Å²) >= 11 is 0. The van der Waals surface area contributed by atoms with Gasteiger partial charge in [-0.15, -0.1) is 0 Å². The summed E-state index contributed by atoms with van der Waals surface area (Å²) in [6, 6.07) is 20.3. The van der Waals surface area contributed by atoms with Gasteiger partial charge in [-0.3, -0.25) is 4.79 Å². The fourth-order valence-corrected chi connectivity index (χ4v) is 2.83. The Balaban J connectivity index is 1.69. The van der Waals surface area contributed by atoms with Crippen molar-refractivity contribution in [2.24, 2.45) is 0 Å². The van der Waals surface area contributed by atoms with Crippen LogP contribution in [0.1, 0.15) is 22.8 Å². The topological polar surface area (TPSA) is 64.6 Å². The lowest BCUT2D eigenvalue weighted by molar-refractivity contribution is -0.129. The lowest BCUT2D eigenvalue weighted by atomic mass is 10.0. The number of nitrogens with one attached hydrogen (secondary N) is 1. The van der Waals surface area contributed by atoms with Crippen molar-refractivity contribution in [3.8, 4) is 5.75 Å². The van der Waals surface area contributed by atoms with Crippen LogP contribution in [0.3, 0.4) is 0 Å². The van der Waals surface area contributed by atoms with Gasteiger partial charge in [-0.25, -0.2) is 4.79 Å². The number of amides is 1. The maximum Gasteiger partial charge on any atom is 0.339 e. The van der Waals surface area contributed by atoms with Crippen LogP contribution in [0.4, 0.5) is 0 Å². The average molecular weight is 363 g/mol. The number of hydrogen-bond acceptors (Lipinski definition) is 4. The number of carbonyl (C=O) groups is 2. The van der Waals surface area contributed by atoms with Crippen molar-refractivity contribution in [2.45, 2.75) is 19.6 Å². The van der Waals surface area contributed by atoms with Gasteiger partial charge >= 0.3 is 5.97 Å². The van der Waals surface area contributed by atoms with E-state index >= 15 is 0 Å². The smallest absolute Gasteiger partial charge is 0.339 e. The zero-order chi connectivity index (χ0) is 19.2. The van der Waals surface area contributed by atoms with Crippen LogP contribution in [-0.4, -0.2) is 25.1 Å². The fraction of sp³-hybridized carbons (Fsp3) is 0.182. The molecule has 0 aromatic heterocycles. The zero-order valence-electron chi connectivity index (χ0n) is 15.3. The third kappa shape index (κ3) is 4.26. The molecular weight excluding hydrogens is 342 g/mol. The molecular formula is C22H21NO4. The quantitative estimate of drug-likeness (QED) is 0.678. The Morgan fingerprint density at radius 3 is 2.30 bits per heavy atom. The molecule has 0 aliphatic carbocycles. The molecule has 0 saturated heterocycles. The van der Waals surface area contributed by atoms with Gasteiger partial charge < -0.3 is 14.8 Å². The molecule has 0 heterocycles. The first-order chi connectivity index (χ1) is 13.1. The molecule has 0 aliphatic rings. The van der Waals surface area contributed by atoms with Crippen LogP contribution >= 0.6 is 0 Å². The molecule has 3 aromatic carbocycles. The highest BCUT2D eigenvalue weighted by Crippen LogP contribution is 2.28. The van der Waals surface area contributed by atoms with Gasteiger partial charge in [0.2, 0.25) is 0 Å². The van der Waals surface area contributed by atoms with E-state index in [0.29, 0.717) is 17.9 Å². The molecule has 0 aliphatic heterocycles. The summed E-state index contributed by atoms with van der Waals surface area (Å²) in [5.74, 6) is -0.211. The second-order valence-corrected chi connectivity index (χ2v) is 6.11. The number of methoxy groups -OCH3 is 1. The first kappa shape index (κ1) is 18.5. The van der Waals surface area contributed by atoms with Gasteiger partial charge in [0.1, 0.15) is 5.75 Å². The number of ether oxygens (including phenoxy) is 2. The number of benzene rings is 3. The van der Waals surface area contributed by atoms with E-state index in [1.54, 1.807) is 26.2 Å². The fourth-order valence-electron chi connectivity index (χ4n) is 2.83. The van der Waals surface area contributed by atoms with Gasteiger partial charge in [-0.05, 0) is 30.0 Å². The Bertz CT molecular complexity index is 953. The Hall–Kier alpha value is -3.34. The third-order valence-corrected chi connectivity index (χ3v) is 4.29. The van der Waals surface area contributed by atoms with Crippen molar-refractivity contribution in [1.29, 1.82) is 0 Å². The van der Waals surface area contributed by atoms with E-state index in [9.17, 15) is 9.59 Å². The van der Waals surface area contributed by atoms with Crippen molar-refractivity contribution < 1.29 is 19.1 Å². The Morgan fingerprint density at radius 2 is 1.59 bits per heavy atom. The third-order valence-electron chi connectivity index (χ3n) is 4.29. The van der Waals surface area contributed by atoms with Crippen molar-refractivity contribution in [3.05, 3.63) is 77.9 Å². The summed E-state index contributed by atoms with van der Waals surface area (Å²) in [6.07, 6.45) is -0.901. The standard InChI is InChI=1S/C22H21NO4/c1-15(21(24)23-14-16-8-4-3-5-9-16)27-22(25)19-12-13-20(26-2)18-11-7-6-10-17(18)19/h3-13,15H,14H2,1-2H3,(H,23,24)/t15-/m1/s1. The van der Waals surface area contributed by atoms with Crippen LogP contribution in [0.2, 0.25) is 0 Å². The highest BCUT2D eigenvalue weighted by atomic mass is 16.5. The van der Waals surface area contributed by atoms with Crippen LogP contribution in [0.15, 0.2) is 66.7 Å². The van der Waals surface area contributed by atoms with Crippen LogP contribution < -0.4 is 10.1 Å². The van der Waals surface area contributed by atoms with Crippen LogP contribution in [0.25, 0.3) is 10.8 Å². The van der Waals surface area contributed by atoms with Crippen molar-refractivity contribution in [2.75, 3.05) is 7.11 Å². The van der Waals surface area contributed by atoms with Crippen molar-refractivity contribution in [3.63, 3.8) is 0 Å². The summed E-state index contributed by atoms with van der Waals surface area (Å²) in [5.41, 5.74) is 1.37. The van der Waals surface area contributed by atoms with Crippen LogP contribution in [0, 0.1) is 0 Å². The molecule has 1 N–H and O–H groups in total. The molecule has 3 rings (SSSR count). The minimum Gasteiger partial charge on any atom is -0.496 e. The average Bonchev–Trinajstić information content (AvgIpc) is 2.71. The number of hydrogen-bond donors (Lipinski definition) is 1. The molecule has 0 unspecified atom stereocenters. The second kappa shape index (κ2) is 8.36. The van der Waals surface area contributed by atoms with Gasteiger partial charge in [0.15, 0.2) is 6.10 Å². The molecule has 5 heteroatoms. The monoisotopic (exact) mass is 363 g/mol. The minimum atomic E-state index is -0.901. The van der Waals surface area contributed by atoms with E-state index in [4.69, 9.17) is 9.47 Å². The summed E-state index contributed by atoms with van der Waals surface area (Å²) in [7, 11) is 1.58. The molecule has 0 saturated carbocycles. The maximum atomic E-state index is 12.6. The molecule has 1 amide bonds. The molecule has 3 aromatic rings. The lowest BCUT2D eigenvalue weighted by Crippen LogP contribution is -2.35. The highest BCUT2D eigenvalue weighted by molar-refractivity contribution is 6.06. The predicted octanol–water partition coefficient (Wildman–Crippen LogP) is 3.71. The molecule has 0 fully saturated rings. The molecule has 0 radical (unpaired) electrons. The van der Waals surface area contributed by atoms with Gasteiger partial charge in [-0.2, -0.15) is 0 Å². The first-order valence-electron chi connectivity index (χ1n) is 8.68. The summed E-state index contributed by atoms with van der Waals surface area (Å²) in [6.45, 7) is 1.94. The van der Waals surface area contributed by atoms with E-state index in [0.717, 1.165) is 16.3 Å². The summed E-state index contributed by atoms with van der Waals surface area (Å²) < 4.78 is 10.7. The van der Waals surface area contributed by atoms with Gasteiger partial charge in [0.25, 0.3) is 5.91 Å². The van der Waals surface area contributed by atoms with Crippen LogP contribution in [0.5, 0.6) is 5.75 Å². The Morgan fingerprint density at radius 1 is 0.926 bits per heavy atom. The molecule has 27 heavy (non-hydrogen) atoms. The van der Waals surface area contributed by atoms with Crippen molar-refractivity contribution >= 4 is 22.6 Å². The highest BCUT2D eigenvalue weighted by Gasteiger charge is 2.20. The van der Waals surface area contributed by atoms with E-state index in [2.05, 4.69) is 5.32 Å². The zero-order valence-corrected chi connectivity index (χ0v) is 15.3. The van der Waals surface area contributed by atoms with Crippen molar-refractivity contribution in [1.82, 2.24) is 5.32 Å². The molecule has 5 nitrogen and oxygen atoms in total. The SMILES string of the molecule is COc1ccc(C(=O)O[C@H](C)C(=O)NCc2ccccc2)c2ccccc12. The number of fused-ring (bicyclic) bond motifs is 1. The van der Waals surface area contributed by atoms with Gasteiger partial charge in [-0.1, -0.05) is 54.6 Å². The van der Waals surface area contributed by atoms with E-state index in [1.807, 2.05) is 54.6 Å². The van der Waals surface area contributed by atoms with Gasteiger partial charge in [0.05, 0.1) is 12.7 Å². The first-order valence-corrected chi connectivity index (χ1v) is 8.68. The van der Waals surface area contributed by atoms with E-state index < -0.39 is 12.1 Å². The molecule has 0 spiro atoms. The molecule has 138 valence electrons. The maximum absolute atomic E-state index is 12.6. The minimum absolute atomic E-state index is 0.343. The largest absolute Gasteiger partial charge is 0.496 e. The van der Waals surface area contributed by atoms with Gasteiger partial charge in [0, 0.05) is 11.9 Å². The molecule has 0 bridgehead atoms. The summed E-state index contributed by atoms with van der Waals surface area (Å²) in [4.78, 5) is 24.8. The second-order valence-electron chi connectivity index (χ2n) is 6.11.